The van der Waals surface area contributed by atoms with Gasteiger partial charge in [-0.15, -0.1) is 0 Å². The Balaban J connectivity index is 2.08. The van der Waals surface area contributed by atoms with Crippen molar-refractivity contribution in [3.63, 3.8) is 0 Å². The summed E-state index contributed by atoms with van der Waals surface area (Å²) in [5.41, 5.74) is 9.27. The number of hydrogen-bond acceptors (Lipinski definition) is 3. The van der Waals surface area contributed by atoms with Crippen LogP contribution in [0.25, 0.3) is 11.1 Å². The highest BCUT2D eigenvalue weighted by atomic mass is 16.3. The number of nitrogens with zero attached hydrogens (tertiary/aromatic N) is 1. The topological polar surface area (TPSA) is 52.0 Å². The minimum absolute atomic E-state index is 0.0919. The van der Waals surface area contributed by atoms with E-state index in [0.29, 0.717) is 0 Å². The highest BCUT2D eigenvalue weighted by Gasteiger charge is 2.42. The fourth-order valence-corrected chi connectivity index (χ4v) is 2.90. The van der Waals surface area contributed by atoms with Gasteiger partial charge < -0.3 is 10.2 Å². The van der Waals surface area contributed by atoms with E-state index in [4.69, 9.17) is 10.2 Å². The molecule has 1 aromatic heterocycles. The van der Waals surface area contributed by atoms with E-state index >= 15 is 0 Å². The van der Waals surface area contributed by atoms with Gasteiger partial charge >= 0.3 is 0 Å². The molecule has 2 unspecified atom stereocenters. The molecule has 2 atom stereocenters. The fourth-order valence-electron chi connectivity index (χ4n) is 2.90. The van der Waals surface area contributed by atoms with Crippen LogP contribution < -0.4 is 5.73 Å². The normalized spacial score (nSPS) is 28.1. The van der Waals surface area contributed by atoms with Crippen molar-refractivity contribution in [3.8, 4) is 0 Å². The van der Waals surface area contributed by atoms with E-state index in [1.165, 1.54) is 5.56 Å². The summed E-state index contributed by atoms with van der Waals surface area (Å²) in [6.07, 6.45) is 4.32. The second kappa shape index (κ2) is 4.09. The molecule has 1 heterocycles. The van der Waals surface area contributed by atoms with Crippen molar-refractivity contribution in [2.45, 2.75) is 51.0 Å². The monoisotopic (exact) mass is 244 g/mol. The van der Waals surface area contributed by atoms with Gasteiger partial charge in [0.05, 0.1) is 5.41 Å². The SMILES string of the molecule is CCc1ccc2oc(C3(C)CCCC3N)nc2c1. The van der Waals surface area contributed by atoms with Crippen LogP contribution >= 0.6 is 0 Å². The Morgan fingerprint density at radius 2 is 2.33 bits per heavy atom. The Labute approximate surface area is 107 Å². The van der Waals surface area contributed by atoms with Crippen LogP contribution in [0.1, 0.15) is 44.6 Å². The summed E-state index contributed by atoms with van der Waals surface area (Å²) in [6, 6.07) is 6.41. The van der Waals surface area contributed by atoms with Crippen LogP contribution in [-0.2, 0) is 11.8 Å². The third-order valence-electron chi connectivity index (χ3n) is 4.38. The van der Waals surface area contributed by atoms with Gasteiger partial charge in [-0.2, -0.15) is 0 Å². The van der Waals surface area contributed by atoms with E-state index in [2.05, 4.69) is 31.0 Å². The zero-order valence-electron chi connectivity index (χ0n) is 11.1. The molecule has 18 heavy (non-hydrogen) atoms. The molecular weight excluding hydrogens is 224 g/mol. The van der Waals surface area contributed by atoms with Gasteiger partial charge in [-0.1, -0.05) is 19.4 Å². The van der Waals surface area contributed by atoms with Gasteiger partial charge in [-0.05, 0) is 43.9 Å². The number of oxazole rings is 1. The van der Waals surface area contributed by atoms with Crippen molar-refractivity contribution < 1.29 is 4.42 Å². The molecule has 0 saturated heterocycles. The number of rotatable bonds is 2. The number of benzene rings is 1. The van der Waals surface area contributed by atoms with Gasteiger partial charge in [0.15, 0.2) is 5.58 Å². The third kappa shape index (κ3) is 1.65. The summed E-state index contributed by atoms with van der Waals surface area (Å²) in [7, 11) is 0. The van der Waals surface area contributed by atoms with Crippen molar-refractivity contribution in [1.82, 2.24) is 4.98 Å². The summed E-state index contributed by atoms with van der Waals surface area (Å²) in [5.74, 6) is 0.816. The lowest BCUT2D eigenvalue weighted by molar-refractivity contribution is 0.332. The Hall–Kier alpha value is -1.35. The molecule has 1 saturated carbocycles. The van der Waals surface area contributed by atoms with Crippen LogP contribution in [0.4, 0.5) is 0 Å². The van der Waals surface area contributed by atoms with Crippen LogP contribution in [0, 0.1) is 0 Å². The molecule has 0 aliphatic heterocycles. The predicted octanol–water partition coefficient (Wildman–Crippen LogP) is 3.16. The first kappa shape index (κ1) is 11.7. The summed E-state index contributed by atoms with van der Waals surface area (Å²) in [4.78, 5) is 4.68. The van der Waals surface area contributed by atoms with Crippen LogP contribution in [0.15, 0.2) is 22.6 Å². The van der Waals surface area contributed by atoms with Crippen molar-refractivity contribution in [2.24, 2.45) is 5.73 Å². The molecule has 1 aromatic carbocycles. The number of hydrogen-bond donors (Lipinski definition) is 1. The van der Waals surface area contributed by atoms with Crippen LogP contribution in [0.2, 0.25) is 0 Å². The summed E-state index contributed by atoms with van der Waals surface area (Å²) < 4.78 is 5.93. The first-order valence-electron chi connectivity index (χ1n) is 6.79. The minimum Gasteiger partial charge on any atom is -0.440 e. The zero-order valence-corrected chi connectivity index (χ0v) is 11.1. The number of nitrogens with two attached hydrogens (primary N) is 1. The average molecular weight is 244 g/mol. The Kier molecular flexibility index (Phi) is 2.67. The van der Waals surface area contributed by atoms with E-state index in [1.54, 1.807) is 0 Å². The second-order valence-corrected chi connectivity index (χ2v) is 5.59. The molecule has 0 spiro atoms. The lowest BCUT2D eigenvalue weighted by Crippen LogP contribution is -2.38. The van der Waals surface area contributed by atoms with Gasteiger partial charge in [0.1, 0.15) is 5.52 Å². The molecule has 3 heteroatoms. The molecule has 1 aliphatic rings. The molecule has 0 bridgehead atoms. The predicted molar refractivity (Wildman–Crippen MR) is 72.6 cm³/mol. The first-order chi connectivity index (χ1) is 8.63. The van der Waals surface area contributed by atoms with Gasteiger partial charge in [0.2, 0.25) is 5.89 Å². The largest absolute Gasteiger partial charge is 0.440 e. The van der Waals surface area contributed by atoms with Gasteiger partial charge in [0.25, 0.3) is 0 Å². The summed E-state index contributed by atoms with van der Waals surface area (Å²) in [5, 5.41) is 0. The molecule has 0 amide bonds. The molecule has 0 radical (unpaired) electrons. The van der Waals surface area contributed by atoms with E-state index in [1.807, 2.05) is 6.07 Å². The average Bonchev–Trinajstić information content (AvgIpc) is 2.94. The van der Waals surface area contributed by atoms with Crippen LogP contribution in [0.5, 0.6) is 0 Å². The van der Waals surface area contributed by atoms with E-state index in [-0.39, 0.29) is 11.5 Å². The van der Waals surface area contributed by atoms with Crippen molar-refractivity contribution in [1.29, 1.82) is 0 Å². The number of aryl methyl sites for hydroxylation is 1. The Morgan fingerprint density at radius 1 is 1.50 bits per heavy atom. The quantitative estimate of drug-likeness (QED) is 0.882. The fraction of sp³-hybridized carbons (Fsp3) is 0.533. The van der Waals surface area contributed by atoms with Crippen molar-refractivity contribution in [3.05, 3.63) is 29.7 Å². The molecule has 2 aromatic rings. The third-order valence-corrected chi connectivity index (χ3v) is 4.38. The van der Waals surface area contributed by atoms with Gasteiger partial charge in [-0.25, -0.2) is 4.98 Å². The van der Waals surface area contributed by atoms with Crippen molar-refractivity contribution in [2.75, 3.05) is 0 Å². The molecular formula is C15H20N2O. The minimum atomic E-state index is -0.0919. The molecule has 1 aliphatic carbocycles. The van der Waals surface area contributed by atoms with Gasteiger partial charge in [-0.3, -0.25) is 0 Å². The van der Waals surface area contributed by atoms with Crippen LogP contribution in [-0.4, -0.2) is 11.0 Å². The zero-order chi connectivity index (χ0) is 12.8. The Morgan fingerprint density at radius 3 is 3.00 bits per heavy atom. The van der Waals surface area contributed by atoms with Crippen LogP contribution in [0.3, 0.4) is 0 Å². The van der Waals surface area contributed by atoms with Crippen molar-refractivity contribution >= 4 is 11.1 Å². The molecule has 96 valence electrons. The maximum absolute atomic E-state index is 6.22. The molecule has 3 nitrogen and oxygen atoms in total. The van der Waals surface area contributed by atoms with E-state index in [9.17, 15) is 0 Å². The first-order valence-corrected chi connectivity index (χ1v) is 6.79. The molecule has 2 N–H and O–H groups in total. The summed E-state index contributed by atoms with van der Waals surface area (Å²) >= 11 is 0. The Bertz CT molecular complexity index is 575. The number of fused-ring (bicyclic) bond motifs is 1. The highest BCUT2D eigenvalue weighted by molar-refractivity contribution is 5.73. The lowest BCUT2D eigenvalue weighted by atomic mass is 9.85. The lowest BCUT2D eigenvalue weighted by Gasteiger charge is -2.24. The van der Waals surface area contributed by atoms with E-state index in [0.717, 1.165) is 42.7 Å². The second-order valence-electron chi connectivity index (χ2n) is 5.59. The van der Waals surface area contributed by atoms with E-state index < -0.39 is 0 Å². The maximum atomic E-state index is 6.22. The number of aromatic nitrogens is 1. The summed E-state index contributed by atoms with van der Waals surface area (Å²) in [6.45, 7) is 4.33. The molecule has 1 fully saturated rings. The molecule has 3 rings (SSSR count). The van der Waals surface area contributed by atoms with Gasteiger partial charge in [0, 0.05) is 6.04 Å². The smallest absolute Gasteiger partial charge is 0.202 e. The maximum Gasteiger partial charge on any atom is 0.202 e. The standard InChI is InChI=1S/C15H20N2O/c1-3-10-6-7-12-11(9-10)17-14(18-12)15(2)8-4-5-13(15)16/h6-7,9,13H,3-5,8,16H2,1-2H3. The highest BCUT2D eigenvalue weighted by Crippen LogP contribution is 2.40.